The fourth-order valence-electron chi connectivity index (χ4n) is 1.93. The number of fused-ring (bicyclic) bond motifs is 1. The van der Waals surface area contributed by atoms with E-state index in [1.165, 1.54) is 0 Å². The molecule has 74 valence electrons. The molecule has 4 nitrogen and oxygen atoms in total. The Balaban J connectivity index is 2.02. The van der Waals surface area contributed by atoms with Gasteiger partial charge in [0.05, 0.1) is 31.3 Å². The molecular weight excluding hydrogens is 179 g/mol. The van der Waals surface area contributed by atoms with Gasteiger partial charge in [-0.05, 0) is 0 Å². The lowest BCUT2D eigenvalue weighted by Crippen LogP contribution is -2.35. The van der Waals surface area contributed by atoms with Crippen LogP contribution in [0.15, 0.2) is 0 Å². The van der Waals surface area contributed by atoms with Gasteiger partial charge in [0.1, 0.15) is 0 Å². The number of hydrogen-bond donors (Lipinski definition) is 1. The zero-order valence-electron chi connectivity index (χ0n) is 7.14. The number of hydrogen-bond acceptors (Lipinski definition) is 4. The molecular formula is C8H11FO4. The lowest BCUT2D eigenvalue weighted by Gasteiger charge is -2.18. The normalized spacial score (nSPS) is 43.9. The van der Waals surface area contributed by atoms with Gasteiger partial charge in [-0.15, -0.1) is 0 Å². The largest absolute Gasteiger partial charge is 0.467 e. The molecule has 1 saturated carbocycles. The minimum absolute atomic E-state index is 0.0529. The highest BCUT2D eigenvalue weighted by Gasteiger charge is 2.59. The van der Waals surface area contributed by atoms with Gasteiger partial charge in [0.25, 0.3) is 0 Å². The van der Waals surface area contributed by atoms with Gasteiger partial charge in [0.2, 0.25) is 6.17 Å². The average Bonchev–Trinajstić information content (AvgIpc) is 2.76. The first kappa shape index (κ1) is 8.90. The summed E-state index contributed by atoms with van der Waals surface area (Å²) in [5, 5.41) is 9.38. The Morgan fingerprint density at radius 2 is 2.46 bits per heavy atom. The van der Waals surface area contributed by atoms with Gasteiger partial charge in [0, 0.05) is 6.42 Å². The van der Waals surface area contributed by atoms with Crippen molar-refractivity contribution in [1.29, 1.82) is 0 Å². The van der Waals surface area contributed by atoms with Gasteiger partial charge in [0.15, 0.2) is 0 Å². The van der Waals surface area contributed by atoms with Crippen LogP contribution in [0.5, 0.6) is 0 Å². The Morgan fingerprint density at radius 3 is 2.92 bits per heavy atom. The first-order chi connectivity index (χ1) is 6.15. The Hall–Kier alpha value is -0.680. The maximum atomic E-state index is 13.3. The molecule has 2 fully saturated rings. The van der Waals surface area contributed by atoms with Crippen LogP contribution in [0.3, 0.4) is 0 Å². The Kier molecular flexibility index (Phi) is 2.00. The molecule has 0 amide bonds. The van der Waals surface area contributed by atoms with Crippen molar-refractivity contribution in [3.63, 3.8) is 0 Å². The molecule has 1 heterocycles. The van der Waals surface area contributed by atoms with Crippen molar-refractivity contribution in [1.82, 2.24) is 0 Å². The zero-order chi connectivity index (χ0) is 9.59. The Morgan fingerprint density at radius 1 is 1.77 bits per heavy atom. The quantitative estimate of drug-likeness (QED) is 0.477. The van der Waals surface area contributed by atoms with Gasteiger partial charge >= 0.3 is 5.97 Å². The van der Waals surface area contributed by atoms with Gasteiger partial charge in [-0.1, -0.05) is 0 Å². The molecule has 13 heavy (non-hydrogen) atoms. The number of ether oxygens (including phenoxy) is 2. The molecule has 0 aromatic rings. The van der Waals surface area contributed by atoms with Crippen LogP contribution in [0.25, 0.3) is 0 Å². The second kappa shape index (κ2) is 2.92. The number of halogens is 1. The van der Waals surface area contributed by atoms with E-state index in [9.17, 15) is 14.3 Å². The lowest BCUT2D eigenvalue weighted by atomic mass is 9.99. The molecule has 1 saturated heterocycles. The molecule has 0 aromatic carbocycles. The third-order valence-corrected chi connectivity index (χ3v) is 2.68. The second-order valence-electron chi connectivity index (χ2n) is 3.44. The van der Waals surface area contributed by atoms with E-state index < -0.39 is 24.2 Å². The van der Waals surface area contributed by atoms with Crippen molar-refractivity contribution in [2.75, 3.05) is 7.11 Å². The topological polar surface area (TPSA) is 59.1 Å². The summed E-state index contributed by atoms with van der Waals surface area (Å²) in [5.41, 5.74) is 0. The number of alkyl halides is 1. The predicted octanol–water partition coefficient (Wildman–Crippen LogP) is -0.354. The van der Waals surface area contributed by atoms with Crippen LogP contribution in [0, 0.1) is 5.92 Å². The summed E-state index contributed by atoms with van der Waals surface area (Å²) in [6, 6.07) is 0. The molecule has 2 aliphatic rings. The molecule has 1 aliphatic carbocycles. The molecule has 0 aromatic heterocycles. The van der Waals surface area contributed by atoms with E-state index in [-0.39, 0.29) is 12.2 Å². The number of carbonyl (C=O) groups excluding carboxylic acids is 1. The third-order valence-electron chi connectivity index (χ3n) is 2.68. The van der Waals surface area contributed by atoms with E-state index in [1.54, 1.807) is 0 Å². The summed E-state index contributed by atoms with van der Waals surface area (Å²) in [5.74, 6) is -1.67. The van der Waals surface area contributed by atoms with Crippen LogP contribution in [-0.2, 0) is 14.3 Å². The van der Waals surface area contributed by atoms with Crippen LogP contribution < -0.4 is 0 Å². The number of carbonyl (C=O) groups is 1. The van der Waals surface area contributed by atoms with Crippen LogP contribution in [0.1, 0.15) is 6.42 Å². The van der Waals surface area contributed by atoms with E-state index in [0.717, 1.165) is 7.11 Å². The van der Waals surface area contributed by atoms with Crippen molar-refractivity contribution in [3.05, 3.63) is 0 Å². The number of aliphatic hydroxyl groups excluding tert-OH is 1. The maximum absolute atomic E-state index is 13.3. The minimum atomic E-state index is -1.77. The molecule has 1 aliphatic heterocycles. The van der Waals surface area contributed by atoms with Gasteiger partial charge < -0.3 is 14.6 Å². The Labute approximate surface area is 74.6 Å². The Bertz CT molecular complexity index is 230. The molecule has 1 N–H and O–H groups in total. The first-order valence-corrected chi connectivity index (χ1v) is 4.20. The summed E-state index contributed by atoms with van der Waals surface area (Å²) < 4.78 is 22.6. The summed E-state index contributed by atoms with van der Waals surface area (Å²) in [4.78, 5) is 10.8. The number of rotatable bonds is 2. The van der Waals surface area contributed by atoms with Crippen LogP contribution in [-0.4, -0.2) is 42.7 Å². The molecule has 0 radical (unpaired) electrons. The molecule has 5 heteroatoms. The van der Waals surface area contributed by atoms with Gasteiger partial charge in [-0.2, -0.15) is 0 Å². The SMILES string of the molecule is COC(=O)C(F)[C@H]1[C@@H]2O[C@@H]2C[C@@H]1O. The van der Waals surface area contributed by atoms with Gasteiger partial charge in [-0.25, -0.2) is 9.18 Å². The van der Waals surface area contributed by atoms with E-state index in [4.69, 9.17) is 4.74 Å². The highest BCUT2D eigenvalue weighted by Crippen LogP contribution is 2.45. The van der Waals surface area contributed by atoms with E-state index in [1.807, 2.05) is 0 Å². The predicted molar refractivity (Wildman–Crippen MR) is 39.7 cm³/mol. The molecule has 1 unspecified atom stereocenters. The lowest BCUT2D eigenvalue weighted by molar-refractivity contribution is -0.151. The smallest absolute Gasteiger partial charge is 0.340 e. The standard InChI is InChI=1S/C8H11FO4/c1-12-8(11)6(9)5-3(10)2-4-7(5)13-4/h3-7,10H,2H2,1H3/t3-,4+,5-,6?,7+/m0/s1. The zero-order valence-corrected chi connectivity index (χ0v) is 7.14. The van der Waals surface area contributed by atoms with Crippen LogP contribution in [0.2, 0.25) is 0 Å². The number of aliphatic hydroxyl groups is 1. The summed E-state index contributed by atoms with van der Waals surface area (Å²) >= 11 is 0. The first-order valence-electron chi connectivity index (χ1n) is 4.20. The van der Waals surface area contributed by atoms with Crippen molar-refractivity contribution >= 4 is 5.97 Å². The van der Waals surface area contributed by atoms with Gasteiger partial charge in [-0.3, -0.25) is 0 Å². The van der Waals surface area contributed by atoms with E-state index >= 15 is 0 Å². The molecule has 0 bridgehead atoms. The number of esters is 1. The summed E-state index contributed by atoms with van der Waals surface area (Å²) in [6.07, 6.45) is -2.46. The molecule has 2 rings (SSSR count). The second-order valence-corrected chi connectivity index (χ2v) is 3.44. The summed E-state index contributed by atoms with van der Waals surface area (Å²) in [7, 11) is 1.13. The van der Waals surface area contributed by atoms with E-state index in [0.29, 0.717) is 6.42 Å². The third kappa shape index (κ3) is 1.32. The monoisotopic (exact) mass is 190 g/mol. The summed E-state index contributed by atoms with van der Waals surface area (Å²) in [6.45, 7) is 0. The van der Waals surface area contributed by atoms with Crippen molar-refractivity contribution in [3.8, 4) is 0 Å². The van der Waals surface area contributed by atoms with Crippen molar-refractivity contribution in [2.45, 2.75) is 30.9 Å². The van der Waals surface area contributed by atoms with Crippen molar-refractivity contribution < 1.29 is 23.8 Å². The fourth-order valence-corrected chi connectivity index (χ4v) is 1.93. The maximum Gasteiger partial charge on any atom is 0.340 e. The average molecular weight is 190 g/mol. The minimum Gasteiger partial charge on any atom is -0.467 e. The number of epoxide rings is 1. The highest BCUT2D eigenvalue weighted by atomic mass is 19.1. The van der Waals surface area contributed by atoms with Crippen LogP contribution in [0.4, 0.5) is 4.39 Å². The molecule has 0 spiro atoms. The fraction of sp³-hybridized carbons (Fsp3) is 0.875. The van der Waals surface area contributed by atoms with E-state index in [2.05, 4.69) is 4.74 Å². The van der Waals surface area contributed by atoms with Crippen molar-refractivity contribution in [2.24, 2.45) is 5.92 Å². The molecule has 5 atom stereocenters. The number of methoxy groups -OCH3 is 1. The van der Waals surface area contributed by atoms with Crippen LogP contribution >= 0.6 is 0 Å². The highest BCUT2D eigenvalue weighted by molar-refractivity contribution is 5.75.